The lowest BCUT2D eigenvalue weighted by Crippen LogP contribution is -2.42. The van der Waals surface area contributed by atoms with E-state index in [9.17, 15) is 4.39 Å². The van der Waals surface area contributed by atoms with Gasteiger partial charge in [0.05, 0.1) is 5.60 Å². The van der Waals surface area contributed by atoms with Crippen molar-refractivity contribution in [3.05, 3.63) is 27.6 Å². The third kappa shape index (κ3) is 3.05. The van der Waals surface area contributed by atoms with Crippen LogP contribution in [0.15, 0.2) is 18.2 Å². The summed E-state index contributed by atoms with van der Waals surface area (Å²) in [5.74, 6) is -0.172. The van der Waals surface area contributed by atoms with Crippen LogP contribution in [0.5, 0.6) is 0 Å². The van der Waals surface area contributed by atoms with Crippen molar-refractivity contribution in [2.75, 3.05) is 11.9 Å². The van der Waals surface area contributed by atoms with Crippen molar-refractivity contribution in [3.8, 4) is 0 Å². The van der Waals surface area contributed by atoms with E-state index in [4.69, 9.17) is 4.74 Å². The maximum absolute atomic E-state index is 13.1. The fourth-order valence-electron chi connectivity index (χ4n) is 3.35. The van der Waals surface area contributed by atoms with Crippen molar-refractivity contribution in [1.29, 1.82) is 0 Å². The SMILES string of the molecule is Fc1ccc(NC2CCOC3(CCCC3)C2)c(I)c1. The smallest absolute Gasteiger partial charge is 0.124 e. The molecule has 4 heteroatoms. The molecule has 1 saturated carbocycles. The van der Waals surface area contributed by atoms with E-state index in [1.807, 2.05) is 6.07 Å². The summed E-state index contributed by atoms with van der Waals surface area (Å²) in [5, 5.41) is 3.57. The van der Waals surface area contributed by atoms with E-state index in [2.05, 4.69) is 27.9 Å². The predicted octanol–water partition coefficient (Wildman–Crippen LogP) is 4.33. The molecule has 1 saturated heterocycles. The van der Waals surface area contributed by atoms with E-state index >= 15 is 0 Å². The molecule has 1 aromatic carbocycles. The zero-order chi connectivity index (χ0) is 13.3. The number of hydrogen-bond donors (Lipinski definition) is 1. The van der Waals surface area contributed by atoms with Gasteiger partial charge in [-0.25, -0.2) is 4.39 Å². The van der Waals surface area contributed by atoms with Gasteiger partial charge in [-0.15, -0.1) is 0 Å². The quantitative estimate of drug-likeness (QED) is 0.777. The zero-order valence-electron chi connectivity index (χ0n) is 10.9. The summed E-state index contributed by atoms with van der Waals surface area (Å²) in [6.07, 6.45) is 7.11. The lowest BCUT2D eigenvalue weighted by atomic mass is 9.89. The highest BCUT2D eigenvalue weighted by atomic mass is 127. The van der Waals surface area contributed by atoms with E-state index < -0.39 is 0 Å². The monoisotopic (exact) mass is 375 g/mol. The maximum Gasteiger partial charge on any atom is 0.124 e. The molecule has 0 aromatic heterocycles. The lowest BCUT2D eigenvalue weighted by molar-refractivity contribution is -0.0767. The van der Waals surface area contributed by atoms with Gasteiger partial charge in [-0.2, -0.15) is 0 Å². The third-order valence-corrected chi connectivity index (χ3v) is 5.19. The molecule has 1 aromatic rings. The second kappa shape index (κ2) is 5.56. The molecule has 1 unspecified atom stereocenters. The first kappa shape index (κ1) is 13.6. The van der Waals surface area contributed by atoms with Crippen LogP contribution < -0.4 is 5.32 Å². The van der Waals surface area contributed by atoms with Gasteiger partial charge in [0.15, 0.2) is 0 Å². The molecule has 2 aliphatic rings. The predicted molar refractivity (Wildman–Crippen MR) is 82.9 cm³/mol. The van der Waals surface area contributed by atoms with Crippen LogP contribution in [0.4, 0.5) is 10.1 Å². The van der Waals surface area contributed by atoms with Crippen LogP contribution in [-0.2, 0) is 4.74 Å². The largest absolute Gasteiger partial charge is 0.381 e. The lowest BCUT2D eigenvalue weighted by Gasteiger charge is -2.39. The molecule has 1 aliphatic heterocycles. The molecule has 1 heterocycles. The molecule has 2 nitrogen and oxygen atoms in total. The first-order chi connectivity index (χ1) is 9.17. The first-order valence-electron chi connectivity index (χ1n) is 7.02. The summed E-state index contributed by atoms with van der Waals surface area (Å²) in [7, 11) is 0. The highest BCUT2D eigenvalue weighted by molar-refractivity contribution is 14.1. The molecule has 2 fully saturated rings. The molecular formula is C15H19FINO. The van der Waals surface area contributed by atoms with Gasteiger partial charge in [0, 0.05) is 21.9 Å². The van der Waals surface area contributed by atoms with Crippen LogP contribution in [0.25, 0.3) is 0 Å². The van der Waals surface area contributed by atoms with Crippen molar-refractivity contribution in [3.63, 3.8) is 0 Å². The number of benzene rings is 1. The normalized spacial score (nSPS) is 25.7. The molecule has 0 radical (unpaired) electrons. The second-order valence-electron chi connectivity index (χ2n) is 5.70. The van der Waals surface area contributed by atoms with Crippen LogP contribution in [0.2, 0.25) is 0 Å². The van der Waals surface area contributed by atoms with E-state index in [1.54, 1.807) is 6.07 Å². The van der Waals surface area contributed by atoms with Crippen molar-refractivity contribution < 1.29 is 9.13 Å². The number of halogens is 2. The highest BCUT2D eigenvalue weighted by Crippen LogP contribution is 2.40. The number of ether oxygens (including phenoxy) is 1. The van der Waals surface area contributed by atoms with Crippen molar-refractivity contribution in [1.82, 2.24) is 0 Å². The summed E-state index contributed by atoms with van der Waals surface area (Å²) in [6, 6.07) is 5.39. The van der Waals surface area contributed by atoms with E-state index in [-0.39, 0.29) is 11.4 Å². The minimum absolute atomic E-state index is 0.126. The Morgan fingerprint density at radius 1 is 1.32 bits per heavy atom. The summed E-state index contributed by atoms with van der Waals surface area (Å²) in [6.45, 7) is 0.843. The Kier molecular flexibility index (Phi) is 3.98. The van der Waals surface area contributed by atoms with E-state index in [0.717, 1.165) is 28.7 Å². The van der Waals surface area contributed by atoms with Gasteiger partial charge in [-0.3, -0.25) is 0 Å². The molecule has 1 spiro atoms. The Morgan fingerprint density at radius 2 is 2.11 bits per heavy atom. The van der Waals surface area contributed by atoms with Crippen LogP contribution in [0.1, 0.15) is 38.5 Å². The highest BCUT2D eigenvalue weighted by Gasteiger charge is 2.39. The van der Waals surface area contributed by atoms with Gasteiger partial charge >= 0.3 is 0 Å². The average Bonchev–Trinajstić information content (AvgIpc) is 2.81. The van der Waals surface area contributed by atoms with Gasteiger partial charge in [-0.05, 0) is 66.5 Å². The van der Waals surface area contributed by atoms with Crippen molar-refractivity contribution >= 4 is 28.3 Å². The Balaban J connectivity index is 1.69. The summed E-state index contributed by atoms with van der Waals surface area (Å²) in [5.41, 5.74) is 1.17. The molecule has 0 amide bonds. The molecule has 1 N–H and O–H groups in total. The molecule has 104 valence electrons. The maximum atomic E-state index is 13.1. The number of hydrogen-bond acceptors (Lipinski definition) is 2. The summed E-state index contributed by atoms with van der Waals surface area (Å²) >= 11 is 2.19. The molecule has 1 aliphatic carbocycles. The van der Waals surface area contributed by atoms with Crippen molar-refractivity contribution in [2.45, 2.75) is 50.2 Å². The van der Waals surface area contributed by atoms with Gasteiger partial charge in [0.25, 0.3) is 0 Å². The Labute approximate surface area is 127 Å². The molecule has 3 rings (SSSR count). The molecule has 0 bridgehead atoms. The minimum atomic E-state index is -0.172. The van der Waals surface area contributed by atoms with Gasteiger partial charge in [0.1, 0.15) is 5.82 Å². The standard InChI is InChI=1S/C15H19FINO/c16-11-3-4-14(13(17)9-11)18-12-5-8-19-15(10-12)6-1-2-7-15/h3-4,9,12,18H,1-2,5-8,10H2. The first-order valence-corrected chi connectivity index (χ1v) is 8.10. The third-order valence-electron chi connectivity index (χ3n) is 4.30. The van der Waals surface area contributed by atoms with Gasteiger partial charge in [0.2, 0.25) is 0 Å². The molecular weight excluding hydrogens is 356 g/mol. The van der Waals surface area contributed by atoms with Crippen LogP contribution in [0, 0.1) is 9.39 Å². The summed E-state index contributed by atoms with van der Waals surface area (Å²) < 4.78 is 20.1. The van der Waals surface area contributed by atoms with Crippen LogP contribution in [0.3, 0.4) is 0 Å². The number of nitrogens with one attached hydrogen (secondary N) is 1. The fraction of sp³-hybridized carbons (Fsp3) is 0.600. The van der Waals surface area contributed by atoms with E-state index in [1.165, 1.54) is 31.7 Å². The van der Waals surface area contributed by atoms with E-state index in [0.29, 0.717) is 6.04 Å². The number of rotatable bonds is 2. The Hall–Kier alpha value is -0.360. The van der Waals surface area contributed by atoms with Gasteiger partial charge in [-0.1, -0.05) is 12.8 Å². The summed E-state index contributed by atoms with van der Waals surface area (Å²) in [4.78, 5) is 0. The Bertz CT molecular complexity index is 459. The van der Waals surface area contributed by atoms with Crippen LogP contribution in [-0.4, -0.2) is 18.2 Å². The molecule has 19 heavy (non-hydrogen) atoms. The molecule has 1 atom stereocenters. The fourth-order valence-corrected chi connectivity index (χ4v) is 3.98. The Morgan fingerprint density at radius 3 is 2.84 bits per heavy atom. The van der Waals surface area contributed by atoms with Gasteiger partial charge < -0.3 is 10.1 Å². The number of anilines is 1. The minimum Gasteiger partial charge on any atom is -0.381 e. The second-order valence-corrected chi connectivity index (χ2v) is 6.86. The topological polar surface area (TPSA) is 21.3 Å². The van der Waals surface area contributed by atoms with Crippen molar-refractivity contribution in [2.24, 2.45) is 0 Å². The van der Waals surface area contributed by atoms with Crippen LogP contribution >= 0.6 is 22.6 Å². The average molecular weight is 375 g/mol. The zero-order valence-corrected chi connectivity index (χ0v) is 13.1.